The molecule has 1 aromatic rings. The SMILES string of the molecule is C[C@H](NC(=O)[C@@H]1CS[C@@]2(C)CSCC(=O)N12)c1ccc(Cl)cc1. The Balaban J connectivity index is 1.70. The fourth-order valence-electron chi connectivity index (χ4n) is 3.02. The number of nitrogens with one attached hydrogen (secondary N) is 1. The topological polar surface area (TPSA) is 49.4 Å². The number of halogens is 1. The van der Waals surface area contributed by atoms with Crippen molar-refractivity contribution in [1.82, 2.24) is 10.2 Å². The summed E-state index contributed by atoms with van der Waals surface area (Å²) in [7, 11) is 0. The molecular weight excluding hydrogens is 352 g/mol. The van der Waals surface area contributed by atoms with E-state index in [2.05, 4.69) is 12.2 Å². The number of amides is 2. The molecule has 2 heterocycles. The number of carbonyl (C=O) groups is 2. The van der Waals surface area contributed by atoms with Crippen molar-refractivity contribution in [2.75, 3.05) is 17.3 Å². The fourth-order valence-corrected chi connectivity index (χ4v) is 5.84. The third-order valence-electron chi connectivity index (χ3n) is 4.27. The molecule has 1 aromatic carbocycles. The molecule has 1 N–H and O–H groups in total. The summed E-state index contributed by atoms with van der Waals surface area (Å²) in [5.41, 5.74) is 0.997. The molecular formula is C16H19ClN2O2S2. The molecule has 2 aliphatic rings. The first-order valence-electron chi connectivity index (χ1n) is 7.50. The molecule has 4 nitrogen and oxygen atoms in total. The summed E-state index contributed by atoms with van der Waals surface area (Å²) >= 11 is 9.24. The number of hydrogen-bond donors (Lipinski definition) is 1. The Labute approximate surface area is 149 Å². The third-order valence-corrected chi connectivity index (χ3v) is 7.37. The smallest absolute Gasteiger partial charge is 0.244 e. The van der Waals surface area contributed by atoms with Crippen molar-refractivity contribution in [2.45, 2.75) is 30.8 Å². The maximum absolute atomic E-state index is 12.7. The van der Waals surface area contributed by atoms with Crippen molar-refractivity contribution in [3.05, 3.63) is 34.9 Å². The monoisotopic (exact) mass is 370 g/mol. The summed E-state index contributed by atoms with van der Waals surface area (Å²) in [4.78, 5) is 26.5. The van der Waals surface area contributed by atoms with Crippen LogP contribution in [0.1, 0.15) is 25.5 Å². The first kappa shape index (κ1) is 17.0. The third kappa shape index (κ3) is 3.35. The minimum Gasteiger partial charge on any atom is -0.348 e. The number of hydrogen-bond acceptors (Lipinski definition) is 4. The van der Waals surface area contributed by atoms with Crippen LogP contribution in [0.15, 0.2) is 24.3 Å². The first-order valence-corrected chi connectivity index (χ1v) is 10.0. The van der Waals surface area contributed by atoms with Gasteiger partial charge in [0.1, 0.15) is 6.04 Å². The molecule has 0 radical (unpaired) electrons. The lowest BCUT2D eigenvalue weighted by molar-refractivity contribution is -0.140. The van der Waals surface area contributed by atoms with Gasteiger partial charge in [0.25, 0.3) is 0 Å². The van der Waals surface area contributed by atoms with Gasteiger partial charge in [-0.2, -0.15) is 0 Å². The van der Waals surface area contributed by atoms with Crippen molar-refractivity contribution in [1.29, 1.82) is 0 Å². The molecule has 3 atom stereocenters. The van der Waals surface area contributed by atoms with Gasteiger partial charge >= 0.3 is 0 Å². The second-order valence-corrected chi connectivity index (χ2v) is 8.96. The minimum absolute atomic E-state index is 0.0630. The van der Waals surface area contributed by atoms with Crippen molar-refractivity contribution in [3.8, 4) is 0 Å². The Hall–Kier alpha value is -0.850. The predicted octanol–water partition coefficient (Wildman–Crippen LogP) is 2.92. The number of fused-ring (bicyclic) bond motifs is 1. The number of nitrogens with zero attached hydrogens (tertiary/aromatic N) is 1. The van der Waals surface area contributed by atoms with Gasteiger partial charge in [-0.3, -0.25) is 9.59 Å². The van der Waals surface area contributed by atoms with Crippen LogP contribution in [0.5, 0.6) is 0 Å². The van der Waals surface area contributed by atoms with Crippen LogP contribution in [0, 0.1) is 0 Å². The van der Waals surface area contributed by atoms with Crippen molar-refractivity contribution in [3.63, 3.8) is 0 Å². The highest BCUT2D eigenvalue weighted by Crippen LogP contribution is 2.44. The zero-order valence-corrected chi connectivity index (χ0v) is 15.4. The van der Waals surface area contributed by atoms with E-state index in [9.17, 15) is 9.59 Å². The second kappa shape index (κ2) is 6.57. The molecule has 0 saturated carbocycles. The second-order valence-electron chi connectivity index (χ2n) is 6.04. The largest absolute Gasteiger partial charge is 0.348 e. The highest BCUT2D eigenvalue weighted by atomic mass is 35.5. The lowest BCUT2D eigenvalue weighted by Crippen LogP contribution is -2.57. The molecule has 0 bridgehead atoms. The molecule has 0 spiro atoms. The molecule has 2 fully saturated rings. The summed E-state index contributed by atoms with van der Waals surface area (Å²) in [6, 6.07) is 6.94. The van der Waals surface area contributed by atoms with E-state index in [1.807, 2.05) is 31.2 Å². The zero-order chi connectivity index (χ0) is 16.6. The van der Waals surface area contributed by atoms with E-state index in [4.69, 9.17) is 11.6 Å². The van der Waals surface area contributed by atoms with E-state index in [0.29, 0.717) is 16.5 Å². The standard InChI is InChI=1S/C16H19ClN2O2S2/c1-10(11-3-5-12(17)6-4-11)18-15(21)13-7-23-16(2)9-22-8-14(20)19(13)16/h3-6,10,13H,7-9H2,1-2H3,(H,18,21)/t10-,13-,16-/m0/s1. The number of benzene rings is 1. The minimum atomic E-state index is -0.381. The van der Waals surface area contributed by atoms with Crippen LogP contribution in [0.3, 0.4) is 0 Å². The molecule has 7 heteroatoms. The van der Waals surface area contributed by atoms with E-state index in [0.717, 1.165) is 11.3 Å². The molecule has 0 aromatic heterocycles. The Morgan fingerprint density at radius 3 is 2.83 bits per heavy atom. The van der Waals surface area contributed by atoms with E-state index in [-0.39, 0.29) is 28.8 Å². The molecule has 0 unspecified atom stereocenters. The van der Waals surface area contributed by atoms with Gasteiger partial charge < -0.3 is 10.2 Å². The number of carbonyl (C=O) groups excluding carboxylic acids is 2. The maximum atomic E-state index is 12.7. The summed E-state index contributed by atoms with van der Waals surface area (Å²) in [5.74, 6) is 1.98. The molecule has 0 aliphatic carbocycles. The van der Waals surface area contributed by atoms with Gasteiger partial charge in [-0.15, -0.1) is 23.5 Å². The molecule has 124 valence electrons. The quantitative estimate of drug-likeness (QED) is 0.888. The van der Waals surface area contributed by atoms with Crippen LogP contribution in [0.4, 0.5) is 0 Å². The first-order chi connectivity index (χ1) is 10.9. The van der Waals surface area contributed by atoms with E-state index >= 15 is 0 Å². The van der Waals surface area contributed by atoms with E-state index < -0.39 is 0 Å². The number of rotatable bonds is 3. The van der Waals surface area contributed by atoms with E-state index in [1.165, 1.54) is 0 Å². The van der Waals surface area contributed by atoms with Crippen LogP contribution in [-0.4, -0.2) is 44.9 Å². The Morgan fingerprint density at radius 1 is 1.43 bits per heavy atom. The normalized spacial score (nSPS) is 28.4. The van der Waals surface area contributed by atoms with Crippen LogP contribution in [0.25, 0.3) is 0 Å². The molecule has 3 rings (SSSR count). The summed E-state index contributed by atoms with van der Waals surface area (Å²) < 4.78 is 0. The van der Waals surface area contributed by atoms with Gasteiger partial charge in [0.15, 0.2) is 0 Å². The maximum Gasteiger partial charge on any atom is 0.244 e. The molecule has 2 aliphatic heterocycles. The van der Waals surface area contributed by atoms with Crippen molar-refractivity contribution < 1.29 is 9.59 Å². The van der Waals surface area contributed by atoms with Gasteiger partial charge in [-0.1, -0.05) is 23.7 Å². The van der Waals surface area contributed by atoms with Crippen LogP contribution in [-0.2, 0) is 9.59 Å². The number of thioether (sulfide) groups is 2. The highest BCUT2D eigenvalue weighted by molar-refractivity contribution is 8.04. The molecule has 2 amide bonds. The van der Waals surface area contributed by atoms with Gasteiger partial charge in [0.2, 0.25) is 11.8 Å². The lowest BCUT2D eigenvalue weighted by atomic mass is 10.1. The summed E-state index contributed by atoms with van der Waals surface area (Å²) in [5, 5.41) is 3.71. The van der Waals surface area contributed by atoms with Crippen molar-refractivity contribution >= 4 is 46.9 Å². The zero-order valence-electron chi connectivity index (χ0n) is 13.0. The predicted molar refractivity (Wildman–Crippen MR) is 96.8 cm³/mol. The van der Waals surface area contributed by atoms with Gasteiger partial charge in [0.05, 0.1) is 16.7 Å². The Bertz CT molecular complexity index is 625. The van der Waals surface area contributed by atoms with Gasteiger partial charge in [-0.05, 0) is 31.5 Å². The molecule has 2 saturated heterocycles. The molecule has 23 heavy (non-hydrogen) atoms. The summed E-state index contributed by atoms with van der Waals surface area (Å²) in [6.45, 7) is 3.99. The van der Waals surface area contributed by atoms with Gasteiger partial charge in [-0.25, -0.2) is 0 Å². The van der Waals surface area contributed by atoms with Crippen LogP contribution in [0.2, 0.25) is 5.02 Å². The van der Waals surface area contributed by atoms with Crippen LogP contribution >= 0.6 is 35.1 Å². The average Bonchev–Trinajstić information content (AvgIpc) is 2.87. The average molecular weight is 371 g/mol. The van der Waals surface area contributed by atoms with Crippen molar-refractivity contribution in [2.24, 2.45) is 0 Å². The fraction of sp³-hybridized carbons (Fsp3) is 0.500. The lowest BCUT2D eigenvalue weighted by Gasteiger charge is -2.40. The highest BCUT2D eigenvalue weighted by Gasteiger charge is 2.51. The summed E-state index contributed by atoms with van der Waals surface area (Å²) in [6.07, 6.45) is 0. The van der Waals surface area contributed by atoms with Gasteiger partial charge in [0, 0.05) is 16.5 Å². The van der Waals surface area contributed by atoms with E-state index in [1.54, 1.807) is 28.4 Å². The van der Waals surface area contributed by atoms with Crippen LogP contribution < -0.4 is 5.32 Å². The Kier molecular flexibility index (Phi) is 4.85. The Morgan fingerprint density at radius 2 is 2.13 bits per heavy atom.